The van der Waals surface area contributed by atoms with Gasteiger partial charge in [-0.05, 0) is 55.9 Å². The van der Waals surface area contributed by atoms with Gasteiger partial charge in [0, 0.05) is 17.6 Å². The number of nitrogens with one attached hydrogen (secondary N) is 1. The number of carbonyl (C=O) groups is 1. The molecule has 0 saturated heterocycles. The number of ketones is 1. The maximum absolute atomic E-state index is 14.6. The minimum absolute atomic E-state index is 0.0390. The van der Waals surface area contributed by atoms with Crippen LogP contribution in [-0.2, 0) is 9.22 Å². The molecular formula is C24H33F2N2O2Si+. The number of H-pyrrole nitrogens is 1. The molecule has 2 heterocycles. The number of rotatable bonds is 5. The number of hydrogen-bond donors (Lipinski definition) is 1. The Kier molecular flexibility index (Phi) is 5.71. The maximum atomic E-state index is 14.6. The molecule has 2 aliphatic rings. The zero-order chi connectivity index (χ0) is 22.6. The average Bonchev–Trinajstić information content (AvgIpc) is 3.26. The molecule has 7 heteroatoms. The Bertz CT molecular complexity index is 988. The van der Waals surface area contributed by atoms with Crippen molar-refractivity contribution in [2.75, 3.05) is 0 Å². The van der Waals surface area contributed by atoms with E-state index in [4.69, 9.17) is 4.43 Å². The zero-order valence-electron chi connectivity index (χ0n) is 19.1. The molecule has 0 spiro atoms. The van der Waals surface area contributed by atoms with Crippen LogP contribution in [0.15, 0.2) is 24.7 Å². The lowest BCUT2D eigenvalue weighted by Gasteiger charge is -2.41. The lowest BCUT2D eigenvalue weighted by molar-refractivity contribution is -0.696. The molecule has 1 aromatic heterocycles. The highest BCUT2D eigenvalue weighted by molar-refractivity contribution is 6.74. The summed E-state index contributed by atoms with van der Waals surface area (Å²) in [5.41, 5.74) is 1.16. The summed E-state index contributed by atoms with van der Waals surface area (Å²) in [7, 11) is -1.82. The fourth-order valence-electron chi connectivity index (χ4n) is 4.75. The van der Waals surface area contributed by atoms with Crippen LogP contribution < -0.4 is 4.57 Å². The third-order valence-corrected chi connectivity index (χ3v) is 12.1. The van der Waals surface area contributed by atoms with E-state index in [1.165, 1.54) is 0 Å². The standard InChI is InChI=1S/C24H32F2N2O2Si/c1-24(2,3)31(4,5)30-16-8-6-15(7-9-16)21(29)12-19-22-17(25)10-11-18(26)23(22)20-13-27-14-28(19)20/h10-11,13-16,19H,6-9,12H2,1-5H3/p+1. The summed E-state index contributed by atoms with van der Waals surface area (Å²) in [5.74, 6) is -0.817. The van der Waals surface area contributed by atoms with Crippen molar-refractivity contribution < 1.29 is 22.6 Å². The van der Waals surface area contributed by atoms with Gasteiger partial charge in [-0.25, -0.2) is 18.3 Å². The second-order valence-electron chi connectivity index (χ2n) is 10.6. The average molecular weight is 448 g/mol. The first-order valence-corrected chi connectivity index (χ1v) is 14.2. The maximum Gasteiger partial charge on any atom is 0.242 e. The predicted octanol–water partition coefficient (Wildman–Crippen LogP) is 5.69. The number of Topliss-reactive ketones (excluding diaryl/α,β-unsaturated/α-hetero) is 1. The summed E-state index contributed by atoms with van der Waals surface area (Å²) in [6, 6.07) is 1.81. The van der Waals surface area contributed by atoms with Crippen molar-refractivity contribution in [2.45, 2.75) is 83.2 Å². The van der Waals surface area contributed by atoms with Crippen LogP contribution in [-0.4, -0.2) is 25.2 Å². The molecule has 0 bridgehead atoms. The number of benzene rings is 1. The van der Waals surface area contributed by atoms with Gasteiger partial charge in [-0.2, -0.15) is 0 Å². The quantitative estimate of drug-likeness (QED) is 0.473. The van der Waals surface area contributed by atoms with Crippen molar-refractivity contribution >= 4 is 14.1 Å². The minimum atomic E-state index is -1.82. The van der Waals surface area contributed by atoms with E-state index in [1.807, 2.05) is 0 Å². The first-order chi connectivity index (χ1) is 14.5. The number of fused-ring (bicyclic) bond motifs is 3. The van der Waals surface area contributed by atoms with Gasteiger partial charge in [0.25, 0.3) is 0 Å². The second kappa shape index (κ2) is 7.92. The van der Waals surface area contributed by atoms with Gasteiger partial charge in [-0.1, -0.05) is 20.8 Å². The number of aromatic amines is 1. The highest BCUT2D eigenvalue weighted by Gasteiger charge is 2.42. The SMILES string of the molecule is CC(C)(C)[Si](C)(C)OC1CCC(C(=O)CC2c3c(F)ccc(F)c3-c3c[nH]c[n+]32)CC1. The van der Waals surface area contributed by atoms with Gasteiger partial charge in [0.1, 0.15) is 29.7 Å². The molecule has 1 N–H and O–H groups in total. The van der Waals surface area contributed by atoms with E-state index < -0.39 is 26.0 Å². The van der Waals surface area contributed by atoms with E-state index in [1.54, 1.807) is 17.1 Å². The topological polar surface area (TPSA) is 46.0 Å². The molecule has 0 radical (unpaired) electrons. The first kappa shape index (κ1) is 22.3. The highest BCUT2D eigenvalue weighted by Crippen LogP contribution is 2.42. The number of carbonyl (C=O) groups excluding carboxylic acids is 1. The summed E-state index contributed by atoms with van der Waals surface area (Å²) in [4.78, 5) is 16.1. The van der Waals surface area contributed by atoms with Crippen LogP contribution in [0.2, 0.25) is 18.1 Å². The number of halogens is 2. The third-order valence-electron chi connectivity index (χ3n) is 7.57. The molecule has 1 aromatic carbocycles. The molecule has 31 heavy (non-hydrogen) atoms. The van der Waals surface area contributed by atoms with Crippen LogP contribution in [0.5, 0.6) is 0 Å². The van der Waals surface area contributed by atoms with Crippen molar-refractivity contribution in [1.29, 1.82) is 0 Å². The number of aromatic nitrogens is 2. The minimum Gasteiger partial charge on any atom is -0.414 e. The summed E-state index contributed by atoms with van der Waals surface area (Å²) >= 11 is 0. The first-order valence-electron chi connectivity index (χ1n) is 11.3. The molecule has 1 fully saturated rings. The second-order valence-corrected chi connectivity index (χ2v) is 15.3. The predicted molar refractivity (Wildman–Crippen MR) is 118 cm³/mol. The van der Waals surface area contributed by atoms with E-state index in [-0.39, 0.29) is 34.8 Å². The number of nitrogens with zero attached hydrogens (tertiary/aromatic N) is 1. The van der Waals surface area contributed by atoms with Crippen LogP contribution in [0, 0.1) is 17.6 Å². The Morgan fingerprint density at radius 2 is 1.81 bits per heavy atom. The van der Waals surface area contributed by atoms with E-state index >= 15 is 0 Å². The zero-order valence-corrected chi connectivity index (χ0v) is 20.1. The fraction of sp³-hybridized carbons (Fsp3) is 0.583. The van der Waals surface area contributed by atoms with Gasteiger partial charge in [0.2, 0.25) is 6.33 Å². The van der Waals surface area contributed by atoms with Gasteiger partial charge in [-0.15, -0.1) is 0 Å². The molecule has 1 atom stereocenters. The molecule has 2 aromatic rings. The van der Waals surface area contributed by atoms with Crippen LogP contribution in [0.4, 0.5) is 8.78 Å². The van der Waals surface area contributed by atoms with Crippen LogP contribution in [0.1, 0.15) is 64.5 Å². The molecule has 0 amide bonds. The summed E-state index contributed by atoms with van der Waals surface area (Å²) in [5, 5.41) is 0.167. The normalized spacial score (nSPS) is 23.5. The van der Waals surface area contributed by atoms with Crippen molar-refractivity contribution in [3.63, 3.8) is 0 Å². The largest absolute Gasteiger partial charge is 0.414 e. The van der Waals surface area contributed by atoms with E-state index in [0.717, 1.165) is 37.8 Å². The summed E-state index contributed by atoms with van der Waals surface area (Å²) in [6.45, 7) is 11.2. The van der Waals surface area contributed by atoms with Gasteiger partial charge in [0.05, 0.1) is 12.0 Å². The molecular weight excluding hydrogens is 414 g/mol. The molecule has 4 nitrogen and oxygen atoms in total. The monoisotopic (exact) mass is 447 g/mol. The molecule has 168 valence electrons. The lowest BCUT2D eigenvalue weighted by atomic mass is 9.82. The van der Waals surface area contributed by atoms with Gasteiger partial charge >= 0.3 is 0 Å². The van der Waals surface area contributed by atoms with Crippen molar-refractivity contribution in [1.82, 2.24) is 4.98 Å². The Morgan fingerprint density at radius 3 is 2.45 bits per heavy atom. The fourth-order valence-corrected chi connectivity index (χ4v) is 6.17. The molecule has 1 unspecified atom stereocenters. The lowest BCUT2D eigenvalue weighted by Crippen LogP contribution is -2.45. The van der Waals surface area contributed by atoms with Crippen molar-refractivity contribution in [3.8, 4) is 11.3 Å². The number of imidazole rings is 1. The van der Waals surface area contributed by atoms with Crippen LogP contribution in [0.3, 0.4) is 0 Å². The molecule has 1 aliphatic carbocycles. The highest BCUT2D eigenvalue weighted by atomic mass is 28.4. The van der Waals surface area contributed by atoms with Crippen LogP contribution in [0.25, 0.3) is 11.3 Å². The number of hydrogen-bond acceptors (Lipinski definition) is 2. The Hall–Kier alpha value is -1.86. The Balaban J connectivity index is 1.44. The van der Waals surface area contributed by atoms with Crippen molar-refractivity contribution in [3.05, 3.63) is 41.9 Å². The van der Waals surface area contributed by atoms with E-state index in [0.29, 0.717) is 11.3 Å². The molecule has 1 saturated carbocycles. The van der Waals surface area contributed by atoms with E-state index in [2.05, 4.69) is 38.8 Å². The summed E-state index contributed by atoms with van der Waals surface area (Å²) in [6.07, 6.45) is 7.12. The van der Waals surface area contributed by atoms with Crippen molar-refractivity contribution in [2.24, 2.45) is 5.92 Å². The molecule has 1 aliphatic heterocycles. The van der Waals surface area contributed by atoms with Crippen LogP contribution >= 0.6 is 0 Å². The Labute approximate surface area is 184 Å². The Morgan fingerprint density at radius 1 is 1.16 bits per heavy atom. The van der Waals surface area contributed by atoms with Gasteiger partial charge < -0.3 is 4.43 Å². The smallest absolute Gasteiger partial charge is 0.242 e. The van der Waals surface area contributed by atoms with Gasteiger partial charge in [0.15, 0.2) is 14.0 Å². The molecule has 4 rings (SSSR count). The third kappa shape index (κ3) is 4.02. The van der Waals surface area contributed by atoms with Gasteiger partial charge in [-0.3, -0.25) is 4.79 Å². The summed E-state index contributed by atoms with van der Waals surface area (Å²) < 4.78 is 37.4. The van der Waals surface area contributed by atoms with E-state index in [9.17, 15) is 13.6 Å².